The third-order valence-electron chi connectivity index (χ3n) is 2.92. The first kappa shape index (κ1) is 14.8. The number of hydrogen-bond acceptors (Lipinski definition) is 4. The molecule has 1 N–H and O–H groups in total. The lowest BCUT2D eigenvalue weighted by Crippen LogP contribution is -2.41. The molecule has 0 saturated carbocycles. The van der Waals surface area contributed by atoms with Gasteiger partial charge in [0.2, 0.25) is 0 Å². The lowest BCUT2D eigenvalue weighted by Gasteiger charge is -2.28. The van der Waals surface area contributed by atoms with Gasteiger partial charge in [0.25, 0.3) is 5.91 Å². The highest BCUT2D eigenvalue weighted by molar-refractivity contribution is 7.08. The molecule has 0 saturated heterocycles. The molecule has 1 heterocycles. The number of halogens is 1. The summed E-state index contributed by atoms with van der Waals surface area (Å²) < 4.78 is 9.27. The van der Waals surface area contributed by atoms with E-state index in [2.05, 4.69) is 9.69 Å². The molecule has 2 rings (SSSR count). The molecule has 6 heteroatoms. The molecule has 0 aliphatic carbocycles. The van der Waals surface area contributed by atoms with Gasteiger partial charge in [-0.05, 0) is 49.6 Å². The van der Waals surface area contributed by atoms with Gasteiger partial charge in [0.05, 0.1) is 12.6 Å². The van der Waals surface area contributed by atoms with E-state index in [0.717, 1.165) is 17.1 Å². The van der Waals surface area contributed by atoms with Gasteiger partial charge in [0.1, 0.15) is 10.6 Å². The molecule has 1 amide bonds. The van der Waals surface area contributed by atoms with Crippen molar-refractivity contribution in [3.8, 4) is 5.75 Å². The number of nitrogens with one attached hydrogen (secondary N) is 1. The molecule has 1 aromatic carbocycles. The van der Waals surface area contributed by atoms with Gasteiger partial charge in [-0.25, -0.2) is 4.37 Å². The molecule has 0 radical (unpaired) electrons. The number of ether oxygens (including phenoxy) is 1. The standard InChI is InChI=1S/C14H15ClN2O2S/c1-14(2,17-13(18)12-6-7-16-20-12)10-8-9(15)4-5-11(10)19-3/h4-8H,1-3H3,(H,17,18). The predicted octanol–water partition coefficient (Wildman–Crippen LogP) is 3.47. The van der Waals surface area contributed by atoms with Crippen LogP contribution >= 0.6 is 23.1 Å². The highest BCUT2D eigenvalue weighted by Crippen LogP contribution is 2.32. The van der Waals surface area contributed by atoms with Crippen LogP contribution in [0.15, 0.2) is 30.5 Å². The summed E-state index contributed by atoms with van der Waals surface area (Å²) in [4.78, 5) is 12.7. The van der Waals surface area contributed by atoms with Crippen molar-refractivity contribution in [3.05, 3.63) is 45.9 Å². The number of nitrogens with zero attached hydrogens (tertiary/aromatic N) is 1. The zero-order valence-electron chi connectivity index (χ0n) is 11.4. The molecule has 0 fully saturated rings. The number of carbonyl (C=O) groups is 1. The van der Waals surface area contributed by atoms with E-state index in [1.807, 2.05) is 13.8 Å². The zero-order chi connectivity index (χ0) is 14.8. The van der Waals surface area contributed by atoms with Crippen molar-refractivity contribution in [1.82, 2.24) is 9.69 Å². The Balaban J connectivity index is 2.30. The topological polar surface area (TPSA) is 51.2 Å². The Hall–Kier alpha value is -1.59. The highest BCUT2D eigenvalue weighted by atomic mass is 35.5. The van der Waals surface area contributed by atoms with Gasteiger partial charge in [0.15, 0.2) is 0 Å². The van der Waals surface area contributed by atoms with Gasteiger partial charge in [-0.2, -0.15) is 0 Å². The van der Waals surface area contributed by atoms with E-state index in [9.17, 15) is 4.79 Å². The van der Waals surface area contributed by atoms with Crippen molar-refractivity contribution in [2.24, 2.45) is 0 Å². The number of amides is 1. The van der Waals surface area contributed by atoms with E-state index in [4.69, 9.17) is 16.3 Å². The molecule has 4 nitrogen and oxygen atoms in total. The number of rotatable bonds is 4. The lowest BCUT2D eigenvalue weighted by molar-refractivity contribution is 0.0915. The molecular formula is C14H15ClN2O2S. The highest BCUT2D eigenvalue weighted by Gasteiger charge is 2.27. The Bertz CT molecular complexity index is 612. The molecule has 0 atom stereocenters. The SMILES string of the molecule is COc1ccc(Cl)cc1C(C)(C)NC(=O)c1ccns1. The van der Waals surface area contributed by atoms with Crippen molar-refractivity contribution in [1.29, 1.82) is 0 Å². The lowest BCUT2D eigenvalue weighted by atomic mass is 9.93. The van der Waals surface area contributed by atoms with Gasteiger partial charge in [-0.15, -0.1) is 0 Å². The third-order valence-corrected chi connectivity index (χ3v) is 3.90. The number of benzene rings is 1. The summed E-state index contributed by atoms with van der Waals surface area (Å²) in [6.07, 6.45) is 1.60. The first-order chi connectivity index (χ1) is 9.44. The molecule has 0 spiro atoms. The normalized spacial score (nSPS) is 11.2. The molecule has 0 aliphatic heterocycles. The summed E-state index contributed by atoms with van der Waals surface area (Å²) >= 11 is 7.20. The van der Waals surface area contributed by atoms with Gasteiger partial charge in [-0.1, -0.05) is 11.6 Å². The zero-order valence-corrected chi connectivity index (χ0v) is 13.0. The fraction of sp³-hybridized carbons (Fsp3) is 0.286. The van der Waals surface area contributed by atoms with Crippen LogP contribution in [-0.2, 0) is 5.54 Å². The van der Waals surface area contributed by atoms with Crippen LogP contribution in [-0.4, -0.2) is 17.4 Å². The summed E-state index contributed by atoms with van der Waals surface area (Å²) in [6, 6.07) is 7.03. The second kappa shape index (κ2) is 5.81. The minimum absolute atomic E-state index is 0.167. The minimum atomic E-state index is -0.614. The van der Waals surface area contributed by atoms with Crippen LogP contribution in [0.2, 0.25) is 5.02 Å². The number of aromatic nitrogens is 1. The Kier molecular flexibility index (Phi) is 4.30. The maximum absolute atomic E-state index is 12.2. The maximum atomic E-state index is 12.2. The summed E-state index contributed by atoms with van der Waals surface area (Å²) in [5.74, 6) is 0.517. The fourth-order valence-corrected chi connectivity index (χ4v) is 2.58. The largest absolute Gasteiger partial charge is 0.496 e. The van der Waals surface area contributed by atoms with Gasteiger partial charge in [-0.3, -0.25) is 4.79 Å². The average molecular weight is 311 g/mol. The van der Waals surface area contributed by atoms with Crippen LogP contribution in [0.5, 0.6) is 5.75 Å². The molecule has 0 bridgehead atoms. The summed E-state index contributed by atoms with van der Waals surface area (Å²) in [7, 11) is 1.59. The number of hydrogen-bond donors (Lipinski definition) is 1. The van der Waals surface area contributed by atoms with Crippen molar-refractivity contribution in [2.75, 3.05) is 7.11 Å². The number of carbonyl (C=O) groups excluding carboxylic acids is 1. The predicted molar refractivity (Wildman–Crippen MR) is 80.6 cm³/mol. The molecule has 20 heavy (non-hydrogen) atoms. The van der Waals surface area contributed by atoms with E-state index < -0.39 is 5.54 Å². The Morgan fingerprint density at radius 2 is 2.15 bits per heavy atom. The first-order valence-corrected chi connectivity index (χ1v) is 7.16. The first-order valence-electron chi connectivity index (χ1n) is 6.01. The third kappa shape index (κ3) is 3.11. The second-order valence-electron chi connectivity index (χ2n) is 4.80. The monoisotopic (exact) mass is 310 g/mol. The maximum Gasteiger partial charge on any atom is 0.263 e. The Morgan fingerprint density at radius 1 is 1.40 bits per heavy atom. The Morgan fingerprint density at radius 3 is 2.75 bits per heavy atom. The quantitative estimate of drug-likeness (QED) is 0.940. The van der Waals surface area contributed by atoms with Crippen LogP contribution < -0.4 is 10.1 Å². The van der Waals surface area contributed by atoms with E-state index in [-0.39, 0.29) is 5.91 Å². The van der Waals surface area contributed by atoms with E-state index >= 15 is 0 Å². The van der Waals surface area contributed by atoms with Crippen LogP contribution in [0.25, 0.3) is 0 Å². The molecule has 0 aliphatic rings. The van der Waals surface area contributed by atoms with E-state index in [1.54, 1.807) is 37.6 Å². The van der Waals surface area contributed by atoms with Gasteiger partial charge < -0.3 is 10.1 Å². The van der Waals surface area contributed by atoms with Gasteiger partial charge in [0, 0.05) is 16.8 Å². The summed E-state index contributed by atoms with van der Waals surface area (Å²) in [5.41, 5.74) is 0.211. The molecule has 106 valence electrons. The minimum Gasteiger partial charge on any atom is -0.496 e. The average Bonchev–Trinajstić information content (AvgIpc) is 2.92. The number of methoxy groups -OCH3 is 1. The van der Waals surface area contributed by atoms with Crippen molar-refractivity contribution in [2.45, 2.75) is 19.4 Å². The smallest absolute Gasteiger partial charge is 0.263 e. The van der Waals surface area contributed by atoms with Crippen molar-refractivity contribution in [3.63, 3.8) is 0 Å². The molecule has 0 unspecified atom stereocenters. The van der Waals surface area contributed by atoms with Crippen LogP contribution in [0.4, 0.5) is 0 Å². The van der Waals surface area contributed by atoms with Gasteiger partial charge >= 0.3 is 0 Å². The van der Waals surface area contributed by atoms with Crippen molar-refractivity contribution >= 4 is 29.0 Å². The van der Waals surface area contributed by atoms with Crippen molar-refractivity contribution < 1.29 is 9.53 Å². The van der Waals surface area contributed by atoms with Crippen LogP contribution in [0, 0.1) is 0 Å². The summed E-state index contributed by atoms with van der Waals surface area (Å²) in [6.45, 7) is 3.81. The second-order valence-corrected chi connectivity index (χ2v) is 6.07. The molecular weight excluding hydrogens is 296 g/mol. The van der Waals surface area contributed by atoms with E-state index in [0.29, 0.717) is 15.6 Å². The Labute approximate surface area is 126 Å². The van der Waals surface area contributed by atoms with E-state index in [1.165, 1.54) is 0 Å². The fourth-order valence-electron chi connectivity index (χ4n) is 1.91. The molecule has 1 aromatic heterocycles. The van der Waals surface area contributed by atoms with Crippen LogP contribution in [0.1, 0.15) is 29.1 Å². The summed E-state index contributed by atoms with van der Waals surface area (Å²) in [5, 5.41) is 3.57. The van der Waals surface area contributed by atoms with Crippen LogP contribution in [0.3, 0.4) is 0 Å². The molecule has 2 aromatic rings.